The first-order chi connectivity index (χ1) is 6.72. The van der Waals surface area contributed by atoms with Gasteiger partial charge in [-0.25, -0.2) is 0 Å². The van der Waals surface area contributed by atoms with E-state index >= 15 is 0 Å². The lowest BCUT2D eigenvalue weighted by Crippen LogP contribution is -2.20. The lowest BCUT2D eigenvalue weighted by Gasteiger charge is -2.02. The number of carbonyl (C=O) groups excluding carboxylic acids is 1. The van der Waals surface area contributed by atoms with Crippen LogP contribution in [-0.2, 0) is 6.54 Å². The Morgan fingerprint density at radius 2 is 2.43 bits per heavy atom. The van der Waals surface area contributed by atoms with E-state index in [0.717, 1.165) is 11.1 Å². The van der Waals surface area contributed by atoms with Crippen molar-refractivity contribution in [3.8, 4) is 0 Å². The molecule has 0 aliphatic heterocycles. The monoisotopic (exact) mass is 188 g/mol. The van der Waals surface area contributed by atoms with Crippen molar-refractivity contribution >= 4 is 19.9 Å². The zero-order valence-corrected chi connectivity index (χ0v) is 7.47. The van der Waals surface area contributed by atoms with E-state index in [1.54, 1.807) is 18.2 Å². The molecule has 4 nitrogen and oxygen atoms in total. The quantitative estimate of drug-likeness (QED) is 0.320. The van der Waals surface area contributed by atoms with Crippen LogP contribution in [0.25, 0.3) is 0 Å². The van der Waals surface area contributed by atoms with Crippen molar-refractivity contribution in [2.24, 2.45) is 5.16 Å². The lowest BCUT2D eigenvalue weighted by molar-refractivity contribution is 0.259. The molecule has 70 valence electrons. The maximum Gasteiger partial charge on any atom is 0.200 e. The van der Waals surface area contributed by atoms with E-state index in [0.29, 0.717) is 6.54 Å². The normalized spacial score (nSPS) is 10.3. The molecule has 0 atom stereocenters. The topological polar surface area (TPSA) is 61.7 Å². The number of oxime groups is 1. The molecule has 0 saturated heterocycles. The van der Waals surface area contributed by atoms with Crippen molar-refractivity contribution in [2.45, 2.75) is 6.54 Å². The van der Waals surface area contributed by atoms with Gasteiger partial charge in [0.2, 0.25) is 7.85 Å². The SMILES string of the molecule is [B]C(=O)NCc1cccc(/C=N/O)c1. The highest BCUT2D eigenvalue weighted by molar-refractivity contribution is 6.57. The predicted octanol–water partition coefficient (Wildman–Crippen LogP) is 0.873. The van der Waals surface area contributed by atoms with Gasteiger partial charge in [-0.05, 0) is 17.2 Å². The molecule has 1 rings (SSSR count). The predicted molar refractivity (Wildman–Crippen MR) is 53.8 cm³/mol. The number of hydrogen-bond donors (Lipinski definition) is 2. The van der Waals surface area contributed by atoms with Crippen molar-refractivity contribution in [3.63, 3.8) is 0 Å². The fourth-order valence-corrected chi connectivity index (χ4v) is 1.04. The minimum absolute atomic E-state index is 0.364. The van der Waals surface area contributed by atoms with E-state index < -0.39 is 5.81 Å². The average Bonchev–Trinajstić information content (AvgIpc) is 2.16. The lowest BCUT2D eigenvalue weighted by atomic mass is 10.1. The van der Waals surface area contributed by atoms with Crippen LogP contribution in [0.2, 0.25) is 0 Å². The van der Waals surface area contributed by atoms with Gasteiger partial charge in [-0.1, -0.05) is 23.4 Å². The molecule has 0 bridgehead atoms. The van der Waals surface area contributed by atoms with Gasteiger partial charge < -0.3 is 10.5 Å². The Kier molecular flexibility index (Phi) is 3.73. The summed E-state index contributed by atoms with van der Waals surface area (Å²) >= 11 is 0. The van der Waals surface area contributed by atoms with Gasteiger partial charge in [-0.2, -0.15) is 0 Å². The molecule has 1 aromatic rings. The maximum absolute atomic E-state index is 10.4. The highest BCUT2D eigenvalue weighted by Gasteiger charge is 1.95. The Morgan fingerprint density at radius 3 is 3.07 bits per heavy atom. The smallest absolute Gasteiger partial charge is 0.200 e. The molecule has 0 aliphatic rings. The molecule has 1 aromatic carbocycles. The van der Waals surface area contributed by atoms with Crippen LogP contribution in [0.4, 0.5) is 4.79 Å². The van der Waals surface area contributed by atoms with Crippen LogP contribution >= 0.6 is 0 Å². The fourth-order valence-electron chi connectivity index (χ4n) is 1.04. The van der Waals surface area contributed by atoms with E-state index in [4.69, 9.17) is 13.1 Å². The van der Waals surface area contributed by atoms with Crippen molar-refractivity contribution in [1.82, 2.24) is 5.32 Å². The van der Waals surface area contributed by atoms with E-state index in [1.165, 1.54) is 6.21 Å². The van der Waals surface area contributed by atoms with Gasteiger partial charge in [-0.15, -0.1) is 0 Å². The van der Waals surface area contributed by atoms with Crippen molar-refractivity contribution in [1.29, 1.82) is 0 Å². The second-order valence-corrected chi connectivity index (χ2v) is 2.71. The summed E-state index contributed by atoms with van der Waals surface area (Å²) in [5.74, 6) is -0.564. The van der Waals surface area contributed by atoms with Crippen LogP contribution in [0.15, 0.2) is 29.4 Å². The second-order valence-electron chi connectivity index (χ2n) is 2.71. The molecule has 0 aromatic heterocycles. The highest BCUT2D eigenvalue weighted by Crippen LogP contribution is 2.02. The third kappa shape index (κ3) is 3.31. The summed E-state index contributed by atoms with van der Waals surface area (Å²) in [4.78, 5) is 10.4. The Balaban J connectivity index is 2.68. The zero-order valence-electron chi connectivity index (χ0n) is 7.47. The summed E-state index contributed by atoms with van der Waals surface area (Å²) < 4.78 is 0. The summed E-state index contributed by atoms with van der Waals surface area (Å²) in [7, 11) is 4.92. The first-order valence-electron chi connectivity index (χ1n) is 4.02. The zero-order chi connectivity index (χ0) is 10.4. The molecular formula is C9H9BN2O2. The minimum atomic E-state index is -0.564. The van der Waals surface area contributed by atoms with Gasteiger partial charge in [0.25, 0.3) is 0 Å². The number of rotatable bonds is 3. The molecule has 0 saturated carbocycles. The van der Waals surface area contributed by atoms with Crippen LogP contribution < -0.4 is 5.32 Å². The first kappa shape index (κ1) is 10.3. The third-order valence-electron chi connectivity index (χ3n) is 1.62. The number of carbonyl (C=O) groups is 1. The van der Waals surface area contributed by atoms with Crippen molar-refractivity contribution in [2.75, 3.05) is 0 Å². The average molecular weight is 188 g/mol. The molecular weight excluding hydrogens is 179 g/mol. The first-order valence-corrected chi connectivity index (χ1v) is 4.02. The molecule has 0 aliphatic carbocycles. The van der Waals surface area contributed by atoms with Crippen LogP contribution in [0.1, 0.15) is 11.1 Å². The van der Waals surface area contributed by atoms with Gasteiger partial charge in [0, 0.05) is 6.54 Å². The van der Waals surface area contributed by atoms with E-state index in [9.17, 15) is 4.79 Å². The summed E-state index contributed by atoms with van der Waals surface area (Å²) in [6.07, 6.45) is 1.31. The van der Waals surface area contributed by atoms with Gasteiger partial charge >= 0.3 is 0 Å². The molecule has 14 heavy (non-hydrogen) atoms. The summed E-state index contributed by atoms with van der Waals surface area (Å²) in [6.45, 7) is 0.364. The third-order valence-corrected chi connectivity index (χ3v) is 1.62. The molecule has 2 N–H and O–H groups in total. The Morgan fingerprint density at radius 1 is 1.64 bits per heavy atom. The number of hydrogen-bond acceptors (Lipinski definition) is 3. The van der Waals surface area contributed by atoms with Crippen molar-refractivity contribution < 1.29 is 10.0 Å². The molecule has 0 fully saturated rings. The minimum Gasteiger partial charge on any atom is -0.411 e. The number of nitrogens with zero attached hydrogens (tertiary/aromatic N) is 1. The number of benzene rings is 1. The summed E-state index contributed by atoms with van der Waals surface area (Å²) in [6, 6.07) is 7.21. The fraction of sp³-hybridized carbons (Fsp3) is 0.111. The molecule has 0 spiro atoms. The number of amides is 1. The highest BCUT2D eigenvalue weighted by atomic mass is 16.4. The van der Waals surface area contributed by atoms with Gasteiger partial charge in [0.05, 0.1) is 6.21 Å². The van der Waals surface area contributed by atoms with E-state index in [1.807, 2.05) is 6.07 Å². The molecule has 1 amide bonds. The Bertz CT molecular complexity index is 352. The Hall–Kier alpha value is -1.78. The van der Waals surface area contributed by atoms with Crippen LogP contribution in [0.5, 0.6) is 0 Å². The molecule has 5 heteroatoms. The summed E-state index contributed by atoms with van der Waals surface area (Å²) in [5, 5.41) is 13.7. The van der Waals surface area contributed by atoms with Crippen LogP contribution in [0, 0.1) is 0 Å². The Labute approximate surface area is 83.0 Å². The standard InChI is InChI=1S/C9H9BN2O2/c10-9(13)11-5-7-2-1-3-8(4-7)6-12-14/h1-4,6,14H,5H2,(H,11,13)/b12-6+. The summed E-state index contributed by atoms with van der Waals surface area (Å²) in [5.41, 5.74) is 1.65. The van der Waals surface area contributed by atoms with Crippen LogP contribution in [0.3, 0.4) is 0 Å². The van der Waals surface area contributed by atoms with E-state index in [2.05, 4.69) is 10.5 Å². The van der Waals surface area contributed by atoms with Crippen molar-refractivity contribution in [3.05, 3.63) is 35.4 Å². The van der Waals surface area contributed by atoms with Gasteiger partial charge in [0.15, 0.2) is 5.81 Å². The van der Waals surface area contributed by atoms with Crippen LogP contribution in [-0.4, -0.2) is 25.1 Å². The molecule has 2 radical (unpaired) electrons. The maximum atomic E-state index is 10.4. The van der Waals surface area contributed by atoms with E-state index in [-0.39, 0.29) is 0 Å². The van der Waals surface area contributed by atoms with Gasteiger partial charge in [-0.3, -0.25) is 4.79 Å². The second kappa shape index (κ2) is 5.06. The molecule has 0 unspecified atom stereocenters. The number of nitrogens with one attached hydrogen (secondary N) is 1. The molecule has 0 heterocycles. The largest absolute Gasteiger partial charge is 0.411 e. The van der Waals surface area contributed by atoms with Gasteiger partial charge in [0.1, 0.15) is 0 Å².